The second kappa shape index (κ2) is 7.20. The van der Waals surface area contributed by atoms with Crippen LogP contribution in [0.2, 0.25) is 0 Å². The third kappa shape index (κ3) is 3.37. The lowest BCUT2D eigenvalue weighted by Crippen LogP contribution is -2.29. The standard InChI is InChI=1S/C20H26N4/c1-3-11-23(12-4-1)17-7-9-21-19(15-17)20-16-18(8-10-22-20)24-13-5-2-6-14-24/h7-10,15-16H,1-6,11-14H2. The van der Waals surface area contributed by atoms with Crippen LogP contribution in [0, 0.1) is 0 Å². The number of nitrogens with zero attached hydrogens (tertiary/aromatic N) is 4. The van der Waals surface area contributed by atoms with Crippen molar-refractivity contribution in [3.63, 3.8) is 0 Å². The van der Waals surface area contributed by atoms with Crippen LogP contribution in [0.5, 0.6) is 0 Å². The predicted octanol–water partition coefficient (Wildman–Crippen LogP) is 4.12. The summed E-state index contributed by atoms with van der Waals surface area (Å²) in [6.07, 6.45) is 11.7. The van der Waals surface area contributed by atoms with Gasteiger partial charge in [0, 0.05) is 49.9 Å². The maximum Gasteiger partial charge on any atom is 0.0907 e. The van der Waals surface area contributed by atoms with Crippen LogP contribution < -0.4 is 9.80 Å². The van der Waals surface area contributed by atoms with Crippen molar-refractivity contribution in [2.75, 3.05) is 36.0 Å². The monoisotopic (exact) mass is 322 g/mol. The highest BCUT2D eigenvalue weighted by Gasteiger charge is 2.14. The average Bonchev–Trinajstić information content (AvgIpc) is 2.70. The van der Waals surface area contributed by atoms with E-state index in [2.05, 4.69) is 44.0 Å². The zero-order chi connectivity index (χ0) is 16.2. The van der Waals surface area contributed by atoms with Crippen LogP contribution in [-0.2, 0) is 0 Å². The fourth-order valence-electron chi connectivity index (χ4n) is 3.82. The third-order valence-corrected chi connectivity index (χ3v) is 5.19. The zero-order valence-electron chi connectivity index (χ0n) is 14.3. The van der Waals surface area contributed by atoms with Crippen LogP contribution >= 0.6 is 0 Å². The summed E-state index contributed by atoms with van der Waals surface area (Å²) in [7, 11) is 0. The molecular weight excluding hydrogens is 296 g/mol. The van der Waals surface area contributed by atoms with Gasteiger partial charge in [-0.25, -0.2) is 0 Å². The third-order valence-electron chi connectivity index (χ3n) is 5.19. The number of pyridine rings is 2. The van der Waals surface area contributed by atoms with Crippen molar-refractivity contribution >= 4 is 11.4 Å². The second-order valence-corrected chi connectivity index (χ2v) is 6.89. The van der Waals surface area contributed by atoms with E-state index in [0.717, 1.165) is 37.6 Å². The summed E-state index contributed by atoms with van der Waals surface area (Å²) in [5, 5.41) is 0. The number of piperidine rings is 2. The first-order valence-corrected chi connectivity index (χ1v) is 9.32. The maximum atomic E-state index is 4.58. The molecule has 4 rings (SSSR count). The van der Waals surface area contributed by atoms with Gasteiger partial charge in [-0.3, -0.25) is 9.97 Å². The second-order valence-electron chi connectivity index (χ2n) is 6.89. The lowest BCUT2D eigenvalue weighted by atomic mass is 10.1. The summed E-state index contributed by atoms with van der Waals surface area (Å²) in [4.78, 5) is 14.1. The van der Waals surface area contributed by atoms with Crippen molar-refractivity contribution in [1.82, 2.24) is 9.97 Å². The van der Waals surface area contributed by atoms with Gasteiger partial charge in [0.05, 0.1) is 11.4 Å². The summed E-state index contributed by atoms with van der Waals surface area (Å²) in [6, 6.07) is 8.66. The van der Waals surface area contributed by atoms with Crippen LogP contribution in [-0.4, -0.2) is 36.1 Å². The van der Waals surface area contributed by atoms with Gasteiger partial charge in [-0.15, -0.1) is 0 Å². The Balaban J connectivity index is 1.59. The van der Waals surface area contributed by atoms with Gasteiger partial charge in [-0.1, -0.05) is 0 Å². The molecule has 2 saturated heterocycles. The van der Waals surface area contributed by atoms with Crippen LogP contribution in [0.4, 0.5) is 11.4 Å². The Labute approximate surface area is 144 Å². The Hall–Kier alpha value is -2.10. The molecule has 0 saturated carbocycles. The molecule has 0 amide bonds. The van der Waals surface area contributed by atoms with Gasteiger partial charge < -0.3 is 9.80 Å². The van der Waals surface area contributed by atoms with Crippen molar-refractivity contribution in [3.05, 3.63) is 36.7 Å². The molecule has 0 bridgehead atoms. The minimum Gasteiger partial charge on any atom is -0.371 e. The highest BCUT2D eigenvalue weighted by atomic mass is 15.1. The Kier molecular flexibility index (Phi) is 4.63. The Bertz CT molecular complexity index is 613. The number of rotatable bonds is 3. The number of anilines is 2. The van der Waals surface area contributed by atoms with Gasteiger partial charge in [0.15, 0.2) is 0 Å². The first-order chi connectivity index (χ1) is 11.9. The normalized spacial score (nSPS) is 18.7. The van der Waals surface area contributed by atoms with E-state index in [1.165, 1.54) is 49.9 Å². The van der Waals surface area contributed by atoms with E-state index in [1.54, 1.807) is 0 Å². The molecule has 0 aromatic carbocycles. The summed E-state index contributed by atoms with van der Waals surface area (Å²) < 4.78 is 0. The summed E-state index contributed by atoms with van der Waals surface area (Å²) in [5.41, 5.74) is 4.53. The number of aromatic nitrogens is 2. The zero-order valence-corrected chi connectivity index (χ0v) is 14.3. The Morgan fingerprint density at radius 1 is 0.583 bits per heavy atom. The van der Waals surface area contributed by atoms with Crippen molar-refractivity contribution in [2.24, 2.45) is 0 Å². The molecule has 4 heterocycles. The molecule has 2 aliphatic rings. The molecule has 0 atom stereocenters. The van der Waals surface area contributed by atoms with Gasteiger partial charge >= 0.3 is 0 Å². The molecule has 24 heavy (non-hydrogen) atoms. The molecule has 0 aliphatic carbocycles. The molecule has 4 heteroatoms. The van der Waals surface area contributed by atoms with Crippen molar-refractivity contribution in [1.29, 1.82) is 0 Å². The lowest BCUT2D eigenvalue weighted by Gasteiger charge is -2.29. The Morgan fingerprint density at radius 2 is 1.00 bits per heavy atom. The van der Waals surface area contributed by atoms with Crippen LogP contribution in [0.3, 0.4) is 0 Å². The fourth-order valence-corrected chi connectivity index (χ4v) is 3.82. The van der Waals surface area contributed by atoms with Crippen LogP contribution in [0.1, 0.15) is 38.5 Å². The van der Waals surface area contributed by atoms with E-state index in [0.29, 0.717) is 0 Å². The van der Waals surface area contributed by atoms with Crippen LogP contribution in [0.15, 0.2) is 36.7 Å². The number of hydrogen-bond donors (Lipinski definition) is 0. The number of hydrogen-bond acceptors (Lipinski definition) is 4. The van der Waals surface area contributed by atoms with Gasteiger partial charge in [-0.2, -0.15) is 0 Å². The molecule has 2 fully saturated rings. The fraction of sp³-hybridized carbons (Fsp3) is 0.500. The molecule has 2 aromatic heterocycles. The van der Waals surface area contributed by atoms with E-state index in [1.807, 2.05) is 12.4 Å². The van der Waals surface area contributed by atoms with Crippen LogP contribution in [0.25, 0.3) is 11.4 Å². The van der Waals surface area contributed by atoms with E-state index >= 15 is 0 Å². The van der Waals surface area contributed by atoms with Gasteiger partial charge in [0.1, 0.15) is 0 Å². The van der Waals surface area contributed by atoms with Crippen molar-refractivity contribution < 1.29 is 0 Å². The first kappa shape index (κ1) is 15.4. The van der Waals surface area contributed by atoms with Gasteiger partial charge in [0.25, 0.3) is 0 Å². The lowest BCUT2D eigenvalue weighted by molar-refractivity contribution is 0.577. The van der Waals surface area contributed by atoms with Crippen molar-refractivity contribution in [2.45, 2.75) is 38.5 Å². The van der Waals surface area contributed by atoms with E-state index in [9.17, 15) is 0 Å². The summed E-state index contributed by atoms with van der Waals surface area (Å²) in [6.45, 7) is 4.63. The van der Waals surface area contributed by atoms with Gasteiger partial charge in [-0.05, 0) is 62.8 Å². The average molecular weight is 322 g/mol. The molecule has 0 unspecified atom stereocenters. The highest BCUT2D eigenvalue weighted by molar-refractivity contribution is 5.65. The van der Waals surface area contributed by atoms with E-state index in [4.69, 9.17) is 0 Å². The summed E-state index contributed by atoms with van der Waals surface area (Å²) in [5.74, 6) is 0. The smallest absolute Gasteiger partial charge is 0.0907 e. The first-order valence-electron chi connectivity index (χ1n) is 9.32. The van der Waals surface area contributed by atoms with E-state index in [-0.39, 0.29) is 0 Å². The molecular formula is C20H26N4. The minimum atomic E-state index is 0.983. The summed E-state index contributed by atoms with van der Waals surface area (Å²) >= 11 is 0. The molecule has 2 aromatic rings. The van der Waals surface area contributed by atoms with Crippen molar-refractivity contribution in [3.8, 4) is 11.4 Å². The molecule has 126 valence electrons. The Morgan fingerprint density at radius 3 is 1.42 bits per heavy atom. The van der Waals surface area contributed by atoms with Gasteiger partial charge in [0.2, 0.25) is 0 Å². The quantitative estimate of drug-likeness (QED) is 0.851. The molecule has 4 nitrogen and oxygen atoms in total. The topological polar surface area (TPSA) is 32.3 Å². The SMILES string of the molecule is c1cc(N2CCCCC2)cc(-c2cc(N3CCCCC3)ccn2)n1. The largest absolute Gasteiger partial charge is 0.371 e. The maximum absolute atomic E-state index is 4.58. The molecule has 0 N–H and O–H groups in total. The van der Waals surface area contributed by atoms with E-state index < -0.39 is 0 Å². The molecule has 2 aliphatic heterocycles. The minimum absolute atomic E-state index is 0.983. The highest BCUT2D eigenvalue weighted by Crippen LogP contribution is 2.27. The molecule has 0 radical (unpaired) electrons. The molecule has 0 spiro atoms. The predicted molar refractivity (Wildman–Crippen MR) is 99.6 cm³/mol.